The van der Waals surface area contributed by atoms with Gasteiger partial charge in [0, 0.05) is 39.2 Å². The van der Waals surface area contributed by atoms with E-state index in [0.717, 1.165) is 0 Å². The van der Waals surface area contributed by atoms with Gasteiger partial charge in [0.25, 0.3) is 0 Å². The van der Waals surface area contributed by atoms with E-state index in [1.165, 1.54) is 0 Å². The topological polar surface area (TPSA) is 53.4 Å². The lowest BCUT2D eigenvalue weighted by Crippen LogP contribution is -2.31. The molecule has 0 unspecified atom stereocenters. The Hall–Kier alpha value is -0.865. The molecule has 2 N–H and O–H groups in total. The van der Waals surface area contributed by atoms with Crippen LogP contribution in [-0.2, 0) is 5.41 Å². The van der Waals surface area contributed by atoms with E-state index in [0.29, 0.717) is 12.3 Å². The van der Waals surface area contributed by atoms with Crippen LogP contribution in [0.2, 0.25) is 0 Å². The molecule has 0 amide bonds. The van der Waals surface area contributed by atoms with Gasteiger partial charge < -0.3 is 10.0 Å². The molecule has 0 aliphatic rings. The molecule has 0 aliphatic carbocycles. The van der Waals surface area contributed by atoms with Gasteiger partial charge in [-0.3, -0.25) is 4.98 Å². The van der Waals surface area contributed by atoms with Crippen molar-refractivity contribution in [2.24, 2.45) is 0 Å². The van der Waals surface area contributed by atoms with Crippen molar-refractivity contribution >= 4 is 12.6 Å². The minimum absolute atomic E-state index is 0.463. The Morgan fingerprint density at radius 1 is 1.43 bits per heavy atom. The molecule has 0 aliphatic heterocycles. The van der Waals surface area contributed by atoms with Crippen molar-refractivity contribution in [2.45, 2.75) is 32.8 Å². The molecular formula is C10H16BNO2. The summed E-state index contributed by atoms with van der Waals surface area (Å²) in [5.74, 6) is 0. The fourth-order valence-electron chi connectivity index (χ4n) is 0.921. The summed E-state index contributed by atoms with van der Waals surface area (Å²) >= 11 is 0. The van der Waals surface area contributed by atoms with Gasteiger partial charge in [0.2, 0.25) is 0 Å². The van der Waals surface area contributed by atoms with Gasteiger partial charge in [0.15, 0.2) is 0 Å². The first-order valence-corrected chi connectivity index (χ1v) is 3.65. The number of pyridine rings is 1. The Balaban J connectivity index is 4.14. The summed E-state index contributed by atoms with van der Waals surface area (Å²) in [6.45, 7) is -14.2. The lowest BCUT2D eigenvalue weighted by Gasteiger charge is -2.20. The number of hydrogen-bond acceptors (Lipinski definition) is 3. The van der Waals surface area contributed by atoms with Crippen molar-refractivity contribution in [1.29, 1.82) is 0 Å². The van der Waals surface area contributed by atoms with Gasteiger partial charge in [-0.05, 0) is 12.4 Å². The largest absolute Gasteiger partial charge is 0.490 e. The first kappa shape index (κ1) is 3.06. The van der Waals surface area contributed by atoms with Crippen LogP contribution >= 0.6 is 0 Å². The van der Waals surface area contributed by atoms with Crippen molar-refractivity contribution in [3.63, 3.8) is 0 Å². The molecule has 1 heterocycles. The van der Waals surface area contributed by atoms with Gasteiger partial charge in [-0.1, -0.05) is 26.6 Å². The van der Waals surface area contributed by atoms with Crippen LogP contribution in [0, 0.1) is 6.85 Å². The summed E-state index contributed by atoms with van der Waals surface area (Å²) in [6, 6.07) is 0.623. The first-order valence-electron chi connectivity index (χ1n) is 9.65. The van der Waals surface area contributed by atoms with E-state index in [2.05, 4.69) is 4.98 Å². The zero-order valence-electron chi connectivity index (χ0n) is 19.1. The number of aromatic nitrogens is 1. The molecule has 1 rings (SSSR count). The molecule has 0 radical (unpaired) electrons. The van der Waals surface area contributed by atoms with Gasteiger partial charge in [0.05, 0.1) is 0 Å². The van der Waals surface area contributed by atoms with Crippen LogP contribution in [0.4, 0.5) is 0 Å². The second-order valence-electron chi connectivity index (χ2n) is 2.79. The van der Waals surface area contributed by atoms with E-state index in [-0.39, 0.29) is 0 Å². The van der Waals surface area contributed by atoms with Crippen LogP contribution in [0.15, 0.2) is 12.3 Å². The average Bonchev–Trinajstić information content (AvgIpc) is 2.32. The van der Waals surface area contributed by atoms with E-state index >= 15 is 0 Å². The summed E-state index contributed by atoms with van der Waals surface area (Å²) in [5.41, 5.74) is -6.24. The van der Waals surface area contributed by atoms with Crippen molar-refractivity contribution < 1.29 is 26.5 Å². The monoisotopic (exact) mass is 205 g/mol. The zero-order valence-corrected chi connectivity index (χ0v) is 7.07. The summed E-state index contributed by atoms with van der Waals surface area (Å²) in [6.07, 6.45) is 0.632. The van der Waals surface area contributed by atoms with Crippen molar-refractivity contribution in [3.8, 4) is 0 Å². The molecule has 0 atom stereocenters. The maximum Gasteiger partial charge on any atom is 0.490 e. The molecule has 0 aromatic carbocycles. The first-order chi connectivity index (χ1) is 11.3. The van der Waals surface area contributed by atoms with Crippen LogP contribution in [0.5, 0.6) is 0 Å². The minimum Gasteiger partial charge on any atom is -0.423 e. The predicted molar refractivity (Wildman–Crippen MR) is 57.5 cm³/mol. The van der Waals surface area contributed by atoms with Crippen molar-refractivity contribution in [2.75, 3.05) is 0 Å². The van der Waals surface area contributed by atoms with E-state index in [1.54, 1.807) is 0 Å². The van der Waals surface area contributed by atoms with Gasteiger partial charge >= 0.3 is 7.12 Å². The molecule has 1 aromatic rings. The Kier molecular flexibility index (Phi) is 0.812. The smallest absolute Gasteiger partial charge is 0.423 e. The van der Waals surface area contributed by atoms with Crippen molar-refractivity contribution in [1.82, 2.24) is 4.98 Å². The maximum atomic E-state index is 9.19. The quantitative estimate of drug-likeness (QED) is 0.651. The maximum absolute atomic E-state index is 9.19. The number of nitrogens with zero attached hydrogens (tertiary/aromatic N) is 1. The normalized spacial score (nSPS) is 27.9. The molecular weight excluding hydrogens is 177 g/mol. The molecule has 3 nitrogen and oxygen atoms in total. The summed E-state index contributed by atoms with van der Waals surface area (Å²) < 4.78 is 91.1. The van der Waals surface area contributed by atoms with Gasteiger partial charge in [0.1, 0.15) is 0 Å². The third kappa shape index (κ3) is 2.33. The second kappa shape index (κ2) is 3.71. The number of rotatable bonds is 1. The standard InChI is InChI=1S/C10H16BNO2/c1-7-5-8(11(13)14)6-12-9(7)10(2,3)4/h5-6,13-14H,1-4H3/i1D3,2D3,3D3,4D3. The average molecular weight is 205 g/mol. The number of aryl methyl sites for hydroxylation is 1. The summed E-state index contributed by atoms with van der Waals surface area (Å²) in [7, 11) is -2.18. The highest BCUT2D eigenvalue weighted by Crippen LogP contribution is 2.21. The lowest BCUT2D eigenvalue weighted by atomic mass is 9.79. The Labute approximate surface area is 102 Å². The van der Waals surface area contributed by atoms with Crippen LogP contribution in [0.25, 0.3) is 0 Å². The van der Waals surface area contributed by atoms with Gasteiger partial charge in [-0.2, -0.15) is 0 Å². The molecule has 76 valence electrons. The van der Waals surface area contributed by atoms with Gasteiger partial charge in [-0.25, -0.2) is 0 Å². The fraction of sp³-hybridized carbons (Fsp3) is 0.500. The van der Waals surface area contributed by atoms with Crippen LogP contribution in [0.3, 0.4) is 0 Å². The van der Waals surface area contributed by atoms with E-state index < -0.39 is 56.7 Å². The van der Waals surface area contributed by atoms with Crippen LogP contribution in [-0.4, -0.2) is 22.2 Å². The second-order valence-corrected chi connectivity index (χ2v) is 2.79. The molecule has 14 heavy (non-hydrogen) atoms. The molecule has 4 heteroatoms. The van der Waals surface area contributed by atoms with E-state index in [1.807, 2.05) is 0 Å². The third-order valence-electron chi connectivity index (χ3n) is 1.56. The molecule has 0 saturated heterocycles. The molecule has 0 fully saturated rings. The summed E-state index contributed by atoms with van der Waals surface area (Å²) in [5, 5.41) is 18.4. The number of hydrogen-bond donors (Lipinski definition) is 2. The third-order valence-corrected chi connectivity index (χ3v) is 1.56. The van der Waals surface area contributed by atoms with Gasteiger partial charge in [-0.15, -0.1) is 0 Å². The lowest BCUT2D eigenvalue weighted by molar-refractivity contribution is 0.425. The predicted octanol–water partition coefficient (Wildman–Crippen LogP) is 0.367. The van der Waals surface area contributed by atoms with Crippen LogP contribution < -0.4 is 5.46 Å². The molecule has 0 saturated carbocycles. The summed E-state index contributed by atoms with van der Waals surface area (Å²) in [4.78, 5) is 3.48. The fourth-order valence-corrected chi connectivity index (χ4v) is 0.921. The van der Waals surface area contributed by atoms with E-state index in [9.17, 15) is 10.0 Å². The SMILES string of the molecule is [2H]C([2H])([2H])c1cc(B(O)O)cnc1C(C([2H])([2H])[2H])(C([2H])([2H])[2H])C([2H])([2H])[2H]. The van der Waals surface area contributed by atoms with Crippen LogP contribution in [0.1, 0.15) is 48.3 Å². The minimum atomic E-state index is -3.68. The van der Waals surface area contributed by atoms with E-state index in [4.69, 9.17) is 16.4 Å². The highest BCUT2D eigenvalue weighted by molar-refractivity contribution is 6.58. The zero-order chi connectivity index (χ0) is 20.9. The molecule has 1 aromatic heterocycles. The Bertz CT molecular complexity index is 624. The highest BCUT2D eigenvalue weighted by Gasteiger charge is 2.20. The highest BCUT2D eigenvalue weighted by atomic mass is 16.4. The van der Waals surface area contributed by atoms with Crippen molar-refractivity contribution in [3.05, 3.63) is 23.5 Å². The Morgan fingerprint density at radius 2 is 2.14 bits per heavy atom. The molecule has 0 bridgehead atoms. The Morgan fingerprint density at radius 3 is 2.64 bits per heavy atom. The molecule has 0 spiro atoms.